The molecule has 0 aliphatic rings. The minimum atomic E-state index is -3.42. The van der Waals surface area contributed by atoms with Gasteiger partial charge < -0.3 is 0 Å². The lowest BCUT2D eigenvalue weighted by Gasteiger charge is -1.95. The Balaban J connectivity index is 2.48. The molecule has 0 unspecified atom stereocenters. The lowest BCUT2D eigenvalue weighted by atomic mass is 10.8. The monoisotopic (exact) mass is 195 g/mol. The minimum Gasteiger partial charge on any atom is -0.252 e. The largest absolute Gasteiger partial charge is 0.252 e. The van der Waals surface area contributed by atoms with Crippen molar-refractivity contribution in [2.24, 2.45) is 0 Å². The van der Waals surface area contributed by atoms with Gasteiger partial charge in [0.25, 0.3) is 0 Å². The predicted molar refractivity (Wildman–Crippen MR) is 39.7 cm³/mol. The molecule has 1 aromatic heterocycles. The fraction of sp³-hybridized carbons (Fsp3) is 0.500. The van der Waals surface area contributed by atoms with Crippen molar-refractivity contribution in [1.82, 2.24) is 14.8 Å². The molecule has 0 saturated heterocycles. The molecule has 7 heteroatoms. The van der Waals surface area contributed by atoms with Gasteiger partial charge >= 0.3 is 0 Å². The predicted octanol–water partition coefficient (Wildman–Crippen LogP) is -0.153. The maximum Gasteiger partial charge on any atom is 0.234 e. The molecule has 0 aliphatic heterocycles. The zero-order valence-electron chi connectivity index (χ0n) is 5.51. The van der Waals surface area contributed by atoms with Gasteiger partial charge in [0, 0.05) is 10.7 Å². The van der Waals surface area contributed by atoms with Gasteiger partial charge in [-0.25, -0.2) is 13.4 Å². The highest BCUT2D eigenvalue weighted by Crippen LogP contribution is 1.96. The van der Waals surface area contributed by atoms with Crippen molar-refractivity contribution >= 4 is 19.7 Å². The molecule has 0 amide bonds. The third-order valence-corrected chi connectivity index (χ3v) is 2.16. The van der Waals surface area contributed by atoms with E-state index >= 15 is 0 Å². The van der Waals surface area contributed by atoms with Crippen LogP contribution in [0.3, 0.4) is 0 Å². The van der Waals surface area contributed by atoms with Crippen molar-refractivity contribution in [1.29, 1.82) is 0 Å². The van der Waals surface area contributed by atoms with Gasteiger partial charge in [0.1, 0.15) is 12.7 Å². The van der Waals surface area contributed by atoms with Crippen molar-refractivity contribution < 1.29 is 8.42 Å². The van der Waals surface area contributed by atoms with Crippen LogP contribution in [0.15, 0.2) is 12.7 Å². The summed E-state index contributed by atoms with van der Waals surface area (Å²) in [5.41, 5.74) is 0. The van der Waals surface area contributed by atoms with Crippen LogP contribution in [0, 0.1) is 0 Å². The first-order valence-corrected chi connectivity index (χ1v) is 5.30. The standard InChI is InChI=1S/C4H6ClN3O2S/c5-11(9,10)2-1-8-4-6-3-7-8/h3-4H,1-2H2. The van der Waals surface area contributed by atoms with Crippen molar-refractivity contribution in [3.05, 3.63) is 12.7 Å². The molecule has 0 saturated carbocycles. The highest BCUT2D eigenvalue weighted by Gasteiger charge is 2.04. The molecule has 5 nitrogen and oxygen atoms in total. The summed E-state index contributed by atoms with van der Waals surface area (Å²) in [6.45, 7) is 0.242. The Kier molecular flexibility index (Phi) is 2.45. The summed E-state index contributed by atoms with van der Waals surface area (Å²) in [7, 11) is 1.54. The molecule has 0 aliphatic carbocycles. The van der Waals surface area contributed by atoms with Gasteiger partial charge in [-0.1, -0.05) is 0 Å². The van der Waals surface area contributed by atoms with E-state index in [0.717, 1.165) is 0 Å². The second-order valence-electron chi connectivity index (χ2n) is 1.90. The van der Waals surface area contributed by atoms with Crippen LogP contribution in [0.1, 0.15) is 0 Å². The van der Waals surface area contributed by atoms with Crippen molar-refractivity contribution in [3.63, 3.8) is 0 Å². The van der Waals surface area contributed by atoms with Crippen LogP contribution in [0.2, 0.25) is 0 Å². The van der Waals surface area contributed by atoms with Gasteiger partial charge in [0.05, 0.1) is 12.3 Å². The molecule has 11 heavy (non-hydrogen) atoms. The van der Waals surface area contributed by atoms with Gasteiger partial charge in [-0.05, 0) is 0 Å². The van der Waals surface area contributed by atoms with Crippen LogP contribution in [-0.2, 0) is 15.6 Å². The van der Waals surface area contributed by atoms with Gasteiger partial charge in [0.15, 0.2) is 0 Å². The van der Waals surface area contributed by atoms with Crippen molar-refractivity contribution in [2.45, 2.75) is 6.54 Å². The third-order valence-electron chi connectivity index (χ3n) is 1.03. The Hall–Kier alpha value is -0.620. The van der Waals surface area contributed by atoms with E-state index in [4.69, 9.17) is 10.7 Å². The van der Waals surface area contributed by atoms with Crippen molar-refractivity contribution in [2.75, 3.05) is 5.75 Å². The molecule has 0 atom stereocenters. The highest BCUT2D eigenvalue weighted by atomic mass is 35.7. The van der Waals surface area contributed by atoms with E-state index in [1.54, 1.807) is 0 Å². The van der Waals surface area contributed by atoms with Gasteiger partial charge in [-0.15, -0.1) is 0 Å². The Morgan fingerprint density at radius 3 is 2.73 bits per heavy atom. The van der Waals surface area contributed by atoms with E-state index in [0.29, 0.717) is 0 Å². The van der Waals surface area contributed by atoms with Crippen molar-refractivity contribution in [3.8, 4) is 0 Å². The van der Waals surface area contributed by atoms with E-state index in [-0.39, 0.29) is 12.3 Å². The van der Waals surface area contributed by atoms with E-state index in [2.05, 4.69) is 10.1 Å². The number of aromatic nitrogens is 3. The molecule has 0 radical (unpaired) electrons. The fourth-order valence-electron chi connectivity index (χ4n) is 0.551. The molecule has 0 bridgehead atoms. The van der Waals surface area contributed by atoms with Gasteiger partial charge in [-0.2, -0.15) is 5.10 Å². The maximum absolute atomic E-state index is 10.4. The Labute approximate surface area is 68.4 Å². The highest BCUT2D eigenvalue weighted by molar-refractivity contribution is 8.13. The number of aryl methyl sites for hydroxylation is 1. The van der Waals surface area contributed by atoms with Crippen LogP contribution in [-0.4, -0.2) is 28.9 Å². The van der Waals surface area contributed by atoms with E-state index in [1.165, 1.54) is 17.3 Å². The summed E-state index contributed by atoms with van der Waals surface area (Å²) in [6, 6.07) is 0. The zero-order valence-corrected chi connectivity index (χ0v) is 7.09. The number of nitrogens with zero attached hydrogens (tertiary/aromatic N) is 3. The van der Waals surface area contributed by atoms with E-state index in [9.17, 15) is 8.42 Å². The number of halogens is 1. The Morgan fingerprint density at radius 1 is 1.55 bits per heavy atom. The Bertz CT molecular complexity index is 306. The zero-order chi connectivity index (χ0) is 8.32. The van der Waals surface area contributed by atoms with Crippen LogP contribution in [0.25, 0.3) is 0 Å². The Morgan fingerprint density at radius 2 is 2.27 bits per heavy atom. The molecule has 1 rings (SSSR count). The fourth-order valence-corrected chi connectivity index (χ4v) is 1.16. The topological polar surface area (TPSA) is 64.8 Å². The quantitative estimate of drug-likeness (QED) is 0.629. The van der Waals surface area contributed by atoms with Crippen LogP contribution in [0.4, 0.5) is 0 Å². The number of hydrogen-bond acceptors (Lipinski definition) is 4. The number of hydrogen-bond donors (Lipinski definition) is 0. The first kappa shape index (κ1) is 8.48. The summed E-state index contributed by atoms with van der Waals surface area (Å²) in [6.07, 6.45) is 2.77. The molecule has 0 fully saturated rings. The van der Waals surface area contributed by atoms with Crippen LogP contribution >= 0.6 is 10.7 Å². The normalized spacial score (nSPS) is 11.7. The maximum atomic E-state index is 10.4. The molecular formula is C4H6ClN3O2S. The third kappa shape index (κ3) is 3.33. The average Bonchev–Trinajstić information content (AvgIpc) is 2.32. The second kappa shape index (κ2) is 3.19. The summed E-state index contributed by atoms with van der Waals surface area (Å²) in [4.78, 5) is 3.64. The minimum absolute atomic E-state index is 0.127. The summed E-state index contributed by atoms with van der Waals surface area (Å²) < 4.78 is 22.3. The first-order valence-electron chi connectivity index (χ1n) is 2.83. The number of rotatable bonds is 3. The molecule has 62 valence electrons. The molecule has 0 spiro atoms. The first-order chi connectivity index (χ1) is 5.08. The second-order valence-corrected chi connectivity index (χ2v) is 4.80. The molecule has 0 aromatic carbocycles. The van der Waals surface area contributed by atoms with E-state index in [1.807, 2.05) is 0 Å². The smallest absolute Gasteiger partial charge is 0.234 e. The van der Waals surface area contributed by atoms with Gasteiger partial charge in [-0.3, -0.25) is 4.68 Å². The van der Waals surface area contributed by atoms with Crippen LogP contribution in [0.5, 0.6) is 0 Å². The average molecular weight is 196 g/mol. The van der Waals surface area contributed by atoms with E-state index < -0.39 is 9.05 Å². The lowest BCUT2D eigenvalue weighted by Crippen LogP contribution is -2.08. The molecule has 1 aromatic rings. The molecular weight excluding hydrogens is 190 g/mol. The SMILES string of the molecule is O=S(=O)(Cl)CCn1cncn1. The molecule has 1 heterocycles. The summed E-state index contributed by atoms with van der Waals surface area (Å²) in [5, 5.41) is 3.70. The lowest BCUT2D eigenvalue weighted by molar-refractivity contribution is 0.593. The molecule has 0 N–H and O–H groups in total. The van der Waals surface area contributed by atoms with Gasteiger partial charge in [0.2, 0.25) is 9.05 Å². The van der Waals surface area contributed by atoms with Crippen LogP contribution < -0.4 is 0 Å². The summed E-state index contributed by atoms with van der Waals surface area (Å²) in [5.74, 6) is -0.127. The summed E-state index contributed by atoms with van der Waals surface area (Å²) >= 11 is 0.